The fraction of sp³-hybridized carbons (Fsp3) is 0.333. The number of rotatable bonds is 9. The summed E-state index contributed by atoms with van der Waals surface area (Å²) in [7, 11) is 2.76. The van der Waals surface area contributed by atoms with E-state index in [-0.39, 0.29) is 25.3 Å². The average molecular weight is 454 g/mol. The first-order chi connectivity index (χ1) is 15.9. The van der Waals surface area contributed by atoms with E-state index in [4.69, 9.17) is 14.2 Å². The molecule has 2 unspecified atom stereocenters. The van der Waals surface area contributed by atoms with Crippen molar-refractivity contribution in [1.29, 1.82) is 0 Å². The number of nitrogens with one attached hydrogen (secondary N) is 1. The lowest BCUT2D eigenvalue weighted by atomic mass is 10.1. The van der Waals surface area contributed by atoms with Gasteiger partial charge in [-0.1, -0.05) is 36.4 Å². The summed E-state index contributed by atoms with van der Waals surface area (Å²) in [5.41, 5.74) is 1.46. The molecular weight excluding hydrogens is 428 g/mol. The van der Waals surface area contributed by atoms with E-state index in [9.17, 15) is 19.2 Å². The van der Waals surface area contributed by atoms with Crippen molar-refractivity contribution in [2.45, 2.75) is 18.9 Å². The normalized spacial score (nSPS) is 16.1. The molecule has 0 saturated carbocycles. The van der Waals surface area contributed by atoms with Crippen molar-refractivity contribution in [3.8, 4) is 5.75 Å². The second kappa shape index (κ2) is 11.1. The van der Waals surface area contributed by atoms with Gasteiger partial charge in [0.05, 0.1) is 20.1 Å². The maximum absolute atomic E-state index is 12.5. The number of carbonyl (C=O) groups excluding carboxylic acids is 4. The van der Waals surface area contributed by atoms with Crippen molar-refractivity contribution in [2.75, 3.05) is 32.3 Å². The zero-order valence-corrected chi connectivity index (χ0v) is 18.5. The van der Waals surface area contributed by atoms with Gasteiger partial charge >= 0.3 is 11.9 Å². The Morgan fingerprint density at radius 1 is 1.09 bits per heavy atom. The van der Waals surface area contributed by atoms with Crippen LogP contribution in [0.1, 0.15) is 12.0 Å². The summed E-state index contributed by atoms with van der Waals surface area (Å²) < 4.78 is 15.1. The number of amides is 2. The number of hydrogen-bond donors (Lipinski definition) is 1. The first kappa shape index (κ1) is 23.8. The molecule has 1 aliphatic rings. The van der Waals surface area contributed by atoms with Crippen LogP contribution in [0.3, 0.4) is 0 Å². The molecule has 2 aromatic rings. The largest absolute Gasteiger partial charge is 0.497 e. The Kier molecular flexibility index (Phi) is 8.01. The van der Waals surface area contributed by atoms with E-state index in [1.54, 1.807) is 24.3 Å². The minimum Gasteiger partial charge on any atom is -0.497 e. The zero-order valence-electron chi connectivity index (χ0n) is 18.5. The molecule has 0 aliphatic carbocycles. The average Bonchev–Trinajstić information content (AvgIpc) is 3.24. The van der Waals surface area contributed by atoms with Crippen molar-refractivity contribution >= 4 is 29.4 Å². The summed E-state index contributed by atoms with van der Waals surface area (Å²) in [6.45, 7) is -0.420. The number of hydrogen-bond acceptors (Lipinski definition) is 7. The summed E-state index contributed by atoms with van der Waals surface area (Å²) in [4.78, 5) is 50.7. The number of carbonyl (C=O) groups is 4. The van der Waals surface area contributed by atoms with Gasteiger partial charge in [0.2, 0.25) is 5.91 Å². The van der Waals surface area contributed by atoms with Gasteiger partial charge < -0.3 is 24.4 Å². The maximum atomic E-state index is 12.5. The van der Waals surface area contributed by atoms with Crippen LogP contribution in [0.25, 0.3) is 0 Å². The van der Waals surface area contributed by atoms with E-state index >= 15 is 0 Å². The molecule has 174 valence electrons. The van der Waals surface area contributed by atoms with Crippen LogP contribution in [0.4, 0.5) is 5.69 Å². The molecule has 3 rings (SSSR count). The van der Waals surface area contributed by atoms with Crippen LogP contribution in [0.2, 0.25) is 0 Å². The van der Waals surface area contributed by atoms with E-state index in [1.165, 1.54) is 19.1 Å². The van der Waals surface area contributed by atoms with Crippen LogP contribution in [0, 0.1) is 5.92 Å². The van der Waals surface area contributed by atoms with Gasteiger partial charge in [-0.05, 0) is 17.7 Å². The highest BCUT2D eigenvalue weighted by molar-refractivity contribution is 5.99. The number of benzene rings is 2. The van der Waals surface area contributed by atoms with Crippen LogP contribution < -0.4 is 15.0 Å². The summed E-state index contributed by atoms with van der Waals surface area (Å²) in [6.07, 6.45) is 0.219. The van der Waals surface area contributed by atoms with Crippen molar-refractivity contribution < 1.29 is 33.4 Å². The van der Waals surface area contributed by atoms with Gasteiger partial charge in [-0.3, -0.25) is 14.4 Å². The molecule has 1 N–H and O–H groups in total. The van der Waals surface area contributed by atoms with Crippen molar-refractivity contribution in [3.63, 3.8) is 0 Å². The molecule has 0 spiro atoms. The molecule has 9 nitrogen and oxygen atoms in total. The van der Waals surface area contributed by atoms with Gasteiger partial charge in [-0.25, -0.2) is 4.79 Å². The highest BCUT2D eigenvalue weighted by atomic mass is 16.5. The first-order valence-electron chi connectivity index (χ1n) is 10.4. The van der Waals surface area contributed by atoms with E-state index in [2.05, 4.69) is 5.32 Å². The van der Waals surface area contributed by atoms with Gasteiger partial charge in [0.1, 0.15) is 11.8 Å². The lowest BCUT2D eigenvalue weighted by molar-refractivity contribution is -0.153. The Morgan fingerprint density at radius 2 is 1.85 bits per heavy atom. The molecule has 0 radical (unpaired) electrons. The lowest BCUT2D eigenvalue weighted by Gasteiger charge is -2.18. The lowest BCUT2D eigenvalue weighted by Crippen LogP contribution is -2.45. The van der Waals surface area contributed by atoms with Crippen LogP contribution >= 0.6 is 0 Å². The van der Waals surface area contributed by atoms with Crippen LogP contribution in [0.5, 0.6) is 5.75 Å². The van der Waals surface area contributed by atoms with E-state index < -0.39 is 36.4 Å². The Labute approximate surface area is 191 Å². The monoisotopic (exact) mass is 454 g/mol. The third-order valence-corrected chi connectivity index (χ3v) is 5.27. The predicted octanol–water partition coefficient (Wildman–Crippen LogP) is 1.49. The van der Waals surface area contributed by atoms with Gasteiger partial charge in [-0.2, -0.15) is 0 Å². The Balaban J connectivity index is 1.53. The van der Waals surface area contributed by atoms with E-state index in [1.807, 2.05) is 30.3 Å². The van der Waals surface area contributed by atoms with Crippen molar-refractivity contribution in [3.05, 3.63) is 60.2 Å². The van der Waals surface area contributed by atoms with Crippen molar-refractivity contribution in [1.82, 2.24) is 5.32 Å². The molecule has 1 fully saturated rings. The fourth-order valence-corrected chi connectivity index (χ4v) is 3.57. The summed E-state index contributed by atoms with van der Waals surface area (Å²) in [5, 5.41) is 2.54. The first-order valence-corrected chi connectivity index (χ1v) is 10.4. The summed E-state index contributed by atoms with van der Waals surface area (Å²) >= 11 is 0. The Morgan fingerprint density at radius 3 is 2.55 bits per heavy atom. The molecule has 0 aromatic heterocycles. The van der Waals surface area contributed by atoms with Crippen LogP contribution in [-0.4, -0.2) is 57.2 Å². The second-order valence-corrected chi connectivity index (χ2v) is 7.55. The topological polar surface area (TPSA) is 111 Å². The Bertz CT molecular complexity index is 1010. The van der Waals surface area contributed by atoms with Crippen LogP contribution in [0.15, 0.2) is 54.6 Å². The summed E-state index contributed by atoms with van der Waals surface area (Å²) in [5.74, 6) is -2.21. The molecule has 1 saturated heterocycles. The van der Waals surface area contributed by atoms with Gasteiger partial charge in [-0.15, -0.1) is 0 Å². The van der Waals surface area contributed by atoms with E-state index in [0.29, 0.717) is 11.4 Å². The summed E-state index contributed by atoms with van der Waals surface area (Å²) in [6, 6.07) is 15.2. The number of ether oxygens (including phenoxy) is 3. The molecule has 9 heteroatoms. The molecule has 2 aromatic carbocycles. The molecule has 1 aliphatic heterocycles. The third-order valence-electron chi connectivity index (χ3n) is 5.27. The number of methoxy groups -OCH3 is 2. The molecule has 1 heterocycles. The molecule has 0 bridgehead atoms. The quantitative estimate of drug-likeness (QED) is 0.572. The molecular formula is C24H26N2O7. The Hall–Kier alpha value is -3.88. The number of esters is 2. The molecule has 2 amide bonds. The predicted molar refractivity (Wildman–Crippen MR) is 119 cm³/mol. The van der Waals surface area contributed by atoms with Crippen LogP contribution in [-0.2, 0) is 35.1 Å². The fourth-order valence-electron chi connectivity index (χ4n) is 3.57. The minimum atomic E-state index is -0.916. The number of nitrogens with zero attached hydrogens (tertiary/aromatic N) is 1. The SMILES string of the molecule is COC(=O)C(Cc1ccccc1)NC(=O)COC(=O)C1CC(=O)N(c2cccc(OC)c2)C1. The standard InChI is InChI=1S/C24H26N2O7/c1-31-19-10-6-9-18(13-19)26-14-17(12-22(26)28)23(29)33-15-21(27)25-20(24(30)32-2)11-16-7-4-3-5-8-16/h3-10,13,17,20H,11-12,14-15H2,1-2H3,(H,25,27). The van der Waals surface area contributed by atoms with Gasteiger partial charge in [0, 0.05) is 31.1 Å². The smallest absolute Gasteiger partial charge is 0.328 e. The maximum Gasteiger partial charge on any atom is 0.328 e. The van der Waals surface area contributed by atoms with Gasteiger partial charge in [0.25, 0.3) is 5.91 Å². The highest BCUT2D eigenvalue weighted by Crippen LogP contribution is 2.28. The minimum absolute atomic E-state index is 0.0174. The highest BCUT2D eigenvalue weighted by Gasteiger charge is 2.36. The molecule has 33 heavy (non-hydrogen) atoms. The van der Waals surface area contributed by atoms with Crippen molar-refractivity contribution in [2.24, 2.45) is 5.92 Å². The molecule has 2 atom stereocenters. The zero-order chi connectivity index (χ0) is 23.8. The number of anilines is 1. The van der Waals surface area contributed by atoms with E-state index in [0.717, 1.165) is 5.56 Å². The van der Waals surface area contributed by atoms with Gasteiger partial charge in [0.15, 0.2) is 6.61 Å². The second-order valence-electron chi connectivity index (χ2n) is 7.55. The third kappa shape index (κ3) is 6.31.